The molecule has 0 saturated heterocycles. The lowest BCUT2D eigenvalue weighted by molar-refractivity contribution is 0.565. The van der Waals surface area contributed by atoms with Gasteiger partial charge in [-0.2, -0.15) is 0 Å². The molecule has 1 saturated carbocycles. The molecule has 0 aromatic carbocycles. The molecule has 3 nitrogen and oxygen atoms in total. The zero-order chi connectivity index (χ0) is 9.80. The summed E-state index contributed by atoms with van der Waals surface area (Å²) in [6.45, 7) is 0.569. The highest BCUT2D eigenvalue weighted by atomic mass is 14.9. The number of H-pyrrole nitrogens is 1. The Balaban J connectivity index is 2.04. The predicted molar refractivity (Wildman–Crippen MR) is 56.9 cm³/mol. The highest BCUT2D eigenvalue weighted by Gasteiger charge is 2.16. The smallest absolute Gasteiger partial charge is 0.109 e. The van der Waals surface area contributed by atoms with Crippen LogP contribution in [-0.4, -0.2) is 9.97 Å². The van der Waals surface area contributed by atoms with E-state index in [1.807, 2.05) is 6.20 Å². The molecule has 0 aliphatic heterocycles. The normalized spacial score (nSPS) is 19.5. The third-order valence-electron chi connectivity index (χ3n) is 3.11. The van der Waals surface area contributed by atoms with Gasteiger partial charge in [0, 0.05) is 24.4 Å². The average Bonchev–Trinajstić information content (AvgIpc) is 2.53. The standard InChI is InChI=1S/C11H19N3/c12-7-10-8-13-11(14-10)9-5-3-1-2-4-6-9/h8-9H,1-7,12H2,(H,13,14). The summed E-state index contributed by atoms with van der Waals surface area (Å²) < 4.78 is 0. The fraction of sp³-hybridized carbons (Fsp3) is 0.727. The topological polar surface area (TPSA) is 54.7 Å². The number of aromatic amines is 1. The average molecular weight is 193 g/mol. The number of rotatable bonds is 2. The zero-order valence-electron chi connectivity index (χ0n) is 8.63. The first-order valence-corrected chi connectivity index (χ1v) is 5.64. The van der Waals surface area contributed by atoms with Gasteiger partial charge in [0.25, 0.3) is 0 Å². The third-order valence-corrected chi connectivity index (χ3v) is 3.11. The highest BCUT2D eigenvalue weighted by molar-refractivity contribution is 5.05. The Bertz CT molecular complexity index is 272. The molecular weight excluding hydrogens is 174 g/mol. The summed E-state index contributed by atoms with van der Waals surface area (Å²) >= 11 is 0. The molecule has 1 aromatic rings. The van der Waals surface area contributed by atoms with Gasteiger partial charge in [0.05, 0.1) is 0 Å². The first-order chi connectivity index (χ1) is 6.90. The molecule has 3 N–H and O–H groups in total. The van der Waals surface area contributed by atoms with E-state index in [-0.39, 0.29) is 0 Å². The molecule has 0 bridgehead atoms. The van der Waals surface area contributed by atoms with E-state index in [9.17, 15) is 0 Å². The van der Waals surface area contributed by atoms with Crippen LogP contribution in [0.4, 0.5) is 0 Å². The Morgan fingerprint density at radius 2 is 2.00 bits per heavy atom. The summed E-state index contributed by atoms with van der Waals surface area (Å²) in [6, 6.07) is 0. The van der Waals surface area contributed by atoms with Gasteiger partial charge < -0.3 is 10.7 Å². The summed E-state index contributed by atoms with van der Waals surface area (Å²) in [5.74, 6) is 1.81. The summed E-state index contributed by atoms with van der Waals surface area (Å²) in [5, 5.41) is 0. The lowest BCUT2D eigenvalue weighted by Crippen LogP contribution is -2.01. The van der Waals surface area contributed by atoms with Crippen LogP contribution in [0.15, 0.2) is 6.20 Å². The molecule has 2 rings (SSSR count). The third kappa shape index (κ3) is 2.15. The molecule has 1 aliphatic carbocycles. The van der Waals surface area contributed by atoms with Crippen LogP contribution in [0, 0.1) is 0 Å². The van der Waals surface area contributed by atoms with Crippen LogP contribution in [-0.2, 0) is 6.54 Å². The number of nitrogens with two attached hydrogens (primary N) is 1. The molecule has 0 radical (unpaired) electrons. The minimum Gasteiger partial charge on any atom is -0.345 e. The van der Waals surface area contributed by atoms with E-state index in [0.29, 0.717) is 12.5 Å². The maximum Gasteiger partial charge on any atom is 0.109 e. The first kappa shape index (κ1) is 9.71. The highest BCUT2D eigenvalue weighted by Crippen LogP contribution is 2.29. The van der Waals surface area contributed by atoms with E-state index in [0.717, 1.165) is 11.5 Å². The monoisotopic (exact) mass is 193 g/mol. The number of nitrogens with one attached hydrogen (secondary N) is 1. The molecule has 14 heavy (non-hydrogen) atoms. The number of nitrogens with zero attached hydrogens (tertiary/aromatic N) is 1. The molecule has 3 heteroatoms. The Hall–Kier alpha value is -0.830. The largest absolute Gasteiger partial charge is 0.345 e. The van der Waals surface area contributed by atoms with Gasteiger partial charge in [0.2, 0.25) is 0 Å². The van der Waals surface area contributed by atoms with E-state index < -0.39 is 0 Å². The summed E-state index contributed by atoms with van der Waals surface area (Å²) in [4.78, 5) is 7.74. The van der Waals surface area contributed by atoms with Crippen LogP contribution in [0.5, 0.6) is 0 Å². The van der Waals surface area contributed by atoms with Crippen molar-refractivity contribution in [2.75, 3.05) is 0 Å². The maximum absolute atomic E-state index is 5.55. The van der Waals surface area contributed by atoms with Crippen molar-refractivity contribution >= 4 is 0 Å². The molecular formula is C11H19N3. The Labute approximate surface area is 85.1 Å². The fourth-order valence-electron chi connectivity index (χ4n) is 2.24. The minimum atomic E-state index is 0.569. The molecule has 78 valence electrons. The van der Waals surface area contributed by atoms with Crippen molar-refractivity contribution in [1.82, 2.24) is 9.97 Å². The van der Waals surface area contributed by atoms with Gasteiger partial charge in [-0.05, 0) is 12.8 Å². The van der Waals surface area contributed by atoms with Gasteiger partial charge in [0.15, 0.2) is 0 Å². The Morgan fingerprint density at radius 3 is 2.57 bits per heavy atom. The molecule has 1 fully saturated rings. The van der Waals surface area contributed by atoms with Gasteiger partial charge in [-0.3, -0.25) is 0 Å². The summed E-state index contributed by atoms with van der Waals surface area (Å²) in [5.41, 5.74) is 6.61. The minimum absolute atomic E-state index is 0.569. The van der Waals surface area contributed by atoms with Crippen LogP contribution in [0.2, 0.25) is 0 Å². The number of hydrogen-bond donors (Lipinski definition) is 2. The lowest BCUT2D eigenvalue weighted by atomic mass is 10.00. The Kier molecular flexibility index (Phi) is 3.19. The van der Waals surface area contributed by atoms with Crippen LogP contribution in [0.1, 0.15) is 56.0 Å². The molecule has 1 heterocycles. The molecule has 0 atom stereocenters. The van der Waals surface area contributed by atoms with Crippen LogP contribution in [0.3, 0.4) is 0 Å². The lowest BCUT2D eigenvalue weighted by Gasteiger charge is -2.09. The second-order valence-electron chi connectivity index (χ2n) is 4.19. The summed E-state index contributed by atoms with van der Waals surface area (Å²) in [7, 11) is 0. The summed E-state index contributed by atoms with van der Waals surface area (Å²) in [6.07, 6.45) is 9.93. The zero-order valence-corrected chi connectivity index (χ0v) is 8.63. The number of imidazole rings is 1. The second kappa shape index (κ2) is 4.60. The molecule has 1 aliphatic rings. The van der Waals surface area contributed by atoms with Crippen molar-refractivity contribution in [2.24, 2.45) is 5.73 Å². The molecule has 0 spiro atoms. The van der Waals surface area contributed by atoms with Crippen LogP contribution >= 0.6 is 0 Å². The number of hydrogen-bond acceptors (Lipinski definition) is 2. The van der Waals surface area contributed by atoms with E-state index in [2.05, 4.69) is 9.97 Å². The van der Waals surface area contributed by atoms with Crippen molar-refractivity contribution < 1.29 is 0 Å². The van der Waals surface area contributed by atoms with Crippen molar-refractivity contribution in [3.63, 3.8) is 0 Å². The number of aromatic nitrogens is 2. The Morgan fingerprint density at radius 1 is 1.29 bits per heavy atom. The van der Waals surface area contributed by atoms with Crippen molar-refractivity contribution in [2.45, 2.75) is 51.0 Å². The van der Waals surface area contributed by atoms with Gasteiger partial charge in [0.1, 0.15) is 5.82 Å². The SMILES string of the molecule is NCc1cnc(C2CCCCCC2)[nH]1. The van der Waals surface area contributed by atoms with Gasteiger partial charge in [-0.1, -0.05) is 25.7 Å². The predicted octanol–water partition coefficient (Wildman–Crippen LogP) is 2.31. The fourth-order valence-corrected chi connectivity index (χ4v) is 2.24. The van der Waals surface area contributed by atoms with Crippen LogP contribution in [0.25, 0.3) is 0 Å². The van der Waals surface area contributed by atoms with Crippen molar-refractivity contribution in [1.29, 1.82) is 0 Å². The van der Waals surface area contributed by atoms with E-state index in [1.165, 1.54) is 38.5 Å². The van der Waals surface area contributed by atoms with E-state index >= 15 is 0 Å². The molecule has 0 amide bonds. The van der Waals surface area contributed by atoms with E-state index in [1.54, 1.807) is 0 Å². The van der Waals surface area contributed by atoms with Gasteiger partial charge in [-0.25, -0.2) is 4.98 Å². The molecule has 0 unspecified atom stereocenters. The second-order valence-corrected chi connectivity index (χ2v) is 4.19. The van der Waals surface area contributed by atoms with E-state index in [4.69, 9.17) is 5.73 Å². The first-order valence-electron chi connectivity index (χ1n) is 5.64. The maximum atomic E-state index is 5.55. The van der Waals surface area contributed by atoms with Crippen molar-refractivity contribution in [3.05, 3.63) is 17.7 Å². The van der Waals surface area contributed by atoms with Crippen LogP contribution < -0.4 is 5.73 Å². The van der Waals surface area contributed by atoms with Gasteiger partial charge in [-0.15, -0.1) is 0 Å². The van der Waals surface area contributed by atoms with Gasteiger partial charge >= 0.3 is 0 Å². The molecule has 1 aromatic heterocycles. The van der Waals surface area contributed by atoms with Crippen molar-refractivity contribution in [3.8, 4) is 0 Å². The quantitative estimate of drug-likeness (QED) is 0.708.